The average Bonchev–Trinajstić information content (AvgIpc) is 1.97. The number of carbonyl (C=O) groups excluding carboxylic acids is 1. The lowest BCUT2D eigenvalue weighted by Gasteiger charge is -2.16. The molecular weight excluding hydrogens is 204 g/mol. The second kappa shape index (κ2) is 2.94. The topological polar surface area (TPSA) is 17.1 Å². The minimum atomic E-state index is 0.0353. The van der Waals surface area contributed by atoms with E-state index < -0.39 is 0 Å². The van der Waals surface area contributed by atoms with Crippen LogP contribution in [0.15, 0.2) is 21.7 Å². The molecule has 0 N–H and O–H groups in total. The van der Waals surface area contributed by atoms with Crippen LogP contribution >= 0.6 is 15.9 Å². The third-order valence-electron chi connectivity index (χ3n) is 2.10. The maximum atomic E-state index is 11.4. The van der Waals surface area contributed by atoms with E-state index in [0.29, 0.717) is 0 Å². The summed E-state index contributed by atoms with van der Waals surface area (Å²) in [5.74, 6) is 0.277. The van der Waals surface area contributed by atoms with Crippen molar-refractivity contribution < 1.29 is 4.79 Å². The van der Waals surface area contributed by atoms with Crippen molar-refractivity contribution in [2.45, 2.75) is 20.8 Å². The first-order chi connectivity index (χ1) is 5.04. The molecule has 1 aliphatic carbocycles. The van der Waals surface area contributed by atoms with Crippen molar-refractivity contribution >= 4 is 21.7 Å². The monoisotopic (exact) mass is 214 g/mol. The van der Waals surface area contributed by atoms with Gasteiger partial charge in [-0.1, -0.05) is 28.9 Å². The van der Waals surface area contributed by atoms with E-state index in [4.69, 9.17) is 0 Å². The molecule has 0 aromatic carbocycles. The molecule has 0 saturated heterocycles. The van der Waals surface area contributed by atoms with E-state index in [9.17, 15) is 4.79 Å². The van der Waals surface area contributed by atoms with Gasteiger partial charge >= 0.3 is 0 Å². The van der Waals surface area contributed by atoms with Crippen molar-refractivity contribution in [1.29, 1.82) is 0 Å². The summed E-state index contributed by atoms with van der Waals surface area (Å²) in [6.45, 7) is 5.75. The van der Waals surface area contributed by atoms with Crippen molar-refractivity contribution in [2.75, 3.05) is 0 Å². The number of hydrogen-bond donors (Lipinski definition) is 0. The molecule has 0 aromatic heterocycles. The molecule has 1 atom stereocenters. The van der Waals surface area contributed by atoms with Crippen LogP contribution in [-0.4, -0.2) is 5.78 Å². The molecule has 0 aromatic rings. The molecule has 0 bridgehead atoms. The van der Waals surface area contributed by atoms with Crippen LogP contribution in [0.2, 0.25) is 0 Å². The quantitative estimate of drug-likeness (QED) is 0.607. The van der Waals surface area contributed by atoms with Gasteiger partial charge in [0, 0.05) is 10.4 Å². The van der Waals surface area contributed by atoms with Crippen LogP contribution in [0.25, 0.3) is 0 Å². The van der Waals surface area contributed by atoms with Crippen LogP contribution < -0.4 is 0 Å². The molecule has 60 valence electrons. The van der Waals surface area contributed by atoms with E-state index in [1.807, 2.05) is 26.8 Å². The van der Waals surface area contributed by atoms with E-state index in [0.717, 1.165) is 15.6 Å². The fourth-order valence-corrected chi connectivity index (χ4v) is 1.82. The third-order valence-corrected chi connectivity index (χ3v) is 2.96. The highest BCUT2D eigenvalue weighted by atomic mass is 79.9. The lowest BCUT2D eigenvalue weighted by Crippen LogP contribution is -2.15. The van der Waals surface area contributed by atoms with E-state index in [1.54, 1.807) is 0 Å². The number of halogens is 1. The van der Waals surface area contributed by atoms with Crippen LogP contribution in [0.5, 0.6) is 0 Å². The first kappa shape index (κ1) is 8.72. The van der Waals surface area contributed by atoms with Crippen LogP contribution in [0.1, 0.15) is 20.8 Å². The zero-order valence-electron chi connectivity index (χ0n) is 6.94. The molecule has 1 aliphatic rings. The lowest BCUT2D eigenvalue weighted by atomic mass is 9.91. The molecule has 0 spiro atoms. The second-order valence-corrected chi connectivity index (χ2v) is 3.77. The number of ketones is 1. The Bertz CT molecular complexity index is 261. The Morgan fingerprint density at radius 3 is 2.45 bits per heavy atom. The van der Waals surface area contributed by atoms with Gasteiger partial charge in [0.05, 0.1) is 0 Å². The van der Waals surface area contributed by atoms with Crippen molar-refractivity contribution in [3.8, 4) is 0 Å². The predicted octanol–water partition coefficient (Wildman–Crippen LogP) is 2.82. The van der Waals surface area contributed by atoms with Gasteiger partial charge in [-0.15, -0.1) is 0 Å². The fraction of sp³-hybridized carbons (Fsp3) is 0.444. The number of allylic oxidation sites excluding steroid dienone is 4. The SMILES string of the molecule is CC1=C(C)C(Br)=CC(C)C1=O. The van der Waals surface area contributed by atoms with Crippen LogP contribution in [0.3, 0.4) is 0 Å². The van der Waals surface area contributed by atoms with Gasteiger partial charge in [0.25, 0.3) is 0 Å². The Labute approximate surface area is 75.3 Å². The van der Waals surface area contributed by atoms with Crippen LogP contribution in [-0.2, 0) is 4.79 Å². The summed E-state index contributed by atoms with van der Waals surface area (Å²) in [5.41, 5.74) is 1.94. The van der Waals surface area contributed by atoms with Crippen molar-refractivity contribution in [3.05, 3.63) is 21.7 Å². The molecule has 0 aliphatic heterocycles. The van der Waals surface area contributed by atoms with Gasteiger partial charge in [0.15, 0.2) is 5.78 Å². The van der Waals surface area contributed by atoms with Crippen LogP contribution in [0, 0.1) is 5.92 Å². The highest BCUT2D eigenvalue weighted by molar-refractivity contribution is 9.12. The Kier molecular flexibility index (Phi) is 2.33. The third kappa shape index (κ3) is 1.45. The van der Waals surface area contributed by atoms with Gasteiger partial charge < -0.3 is 0 Å². The van der Waals surface area contributed by atoms with E-state index in [-0.39, 0.29) is 11.7 Å². The van der Waals surface area contributed by atoms with Crippen molar-refractivity contribution in [2.24, 2.45) is 5.92 Å². The Morgan fingerprint density at radius 2 is 1.91 bits per heavy atom. The Hall–Kier alpha value is -0.370. The molecule has 1 rings (SSSR count). The molecular formula is C9H11BrO. The van der Waals surface area contributed by atoms with Crippen molar-refractivity contribution in [3.63, 3.8) is 0 Å². The van der Waals surface area contributed by atoms with Gasteiger partial charge in [0.2, 0.25) is 0 Å². The van der Waals surface area contributed by atoms with E-state index in [1.165, 1.54) is 0 Å². The molecule has 0 heterocycles. The van der Waals surface area contributed by atoms with Crippen molar-refractivity contribution in [1.82, 2.24) is 0 Å². The Balaban J connectivity index is 3.12. The molecule has 0 amide bonds. The molecule has 0 radical (unpaired) electrons. The maximum absolute atomic E-state index is 11.4. The zero-order chi connectivity index (χ0) is 8.59. The van der Waals surface area contributed by atoms with E-state index in [2.05, 4.69) is 15.9 Å². The Morgan fingerprint density at radius 1 is 1.36 bits per heavy atom. The summed E-state index contributed by atoms with van der Waals surface area (Å²) in [7, 11) is 0. The zero-order valence-corrected chi connectivity index (χ0v) is 8.53. The molecule has 0 fully saturated rings. The summed E-state index contributed by atoms with van der Waals surface area (Å²) in [6, 6.07) is 0. The maximum Gasteiger partial charge on any atom is 0.165 e. The lowest BCUT2D eigenvalue weighted by molar-refractivity contribution is -0.117. The predicted molar refractivity (Wildman–Crippen MR) is 49.6 cm³/mol. The minimum absolute atomic E-state index is 0.0353. The van der Waals surface area contributed by atoms with Gasteiger partial charge in [-0.3, -0.25) is 4.79 Å². The second-order valence-electron chi connectivity index (χ2n) is 2.92. The molecule has 11 heavy (non-hydrogen) atoms. The average molecular weight is 215 g/mol. The number of Topliss-reactive ketones (excluding diaryl/α,β-unsaturated/α-hetero) is 1. The summed E-state index contributed by atoms with van der Waals surface area (Å²) < 4.78 is 1.06. The summed E-state index contributed by atoms with van der Waals surface area (Å²) in [4.78, 5) is 11.4. The van der Waals surface area contributed by atoms with E-state index >= 15 is 0 Å². The first-order valence-electron chi connectivity index (χ1n) is 3.63. The van der Waals surface area contributed by atoms with Gasteiger partial charge in [-0.05, 0) is 25.0 Å². The van der Waals surface area contributed by atoms with Gasteiger partial charge in [-0.25, -0.2) is 0 Å². The summed E-state index contributed by atoms with van der Waals surface area (Å²) >= 11 is 3.41. The fourth-order valence-electron chi connectivity index (χ4n) is 1.13. The standard InChI is InChI=1S/C9H11BrO/c1-5-4-8(10)6(2)7(3)9(5)11/h4-5H,1-3H3. The minimum Gasteiger partial charge on any atom is -0.294 e. The number of rotatable bonds is 0. The van der Waals surface area contributed by atoms with Gasteiger partial charge in [0.1, 0.15) is 0 Å². The molecule has 0 saturated carbocycles. The van der Waals surface area contributed by atoms with Crippen LogP contribution in [0.4, 0.5) is 0 Å². The highest BCUT2D eigenvalue weighted by Crippen LogP contribution is 2.28. The number of hydrogen-bond acceptors (Lipinski definition) is 1. The largest absolute Gasteiger partial charge is 0.294 e. The first-order valence-corrected chi connectivity index (χ1v) is 4.42. The number of carbonyl (C=O) groups is 1. The summed E-state index contributed by atoms with van der Waals surface area (Å²) in [6.07, 6.45) is 1.95. The molecule has 1 unspecified atom stereocenters. The highest BCUT2D eigenvalue weighted by Gasteiger charge is 2.20. The molecule has 2 heteroatoms. The summed E-state index contributed by atoms with van der Waals surface area (Å²) in [5, 5.41) is 0. The normalized spacial score (nSPS) is 25.6. The molecule has 1 nitrogen and oxygen atoms in total. The smallest absolute Gasteiger partial charge is 0.165 e. The van der Waals surface area contributed by atoms with Gasteiger partial charge in [-0.2, -0.15) is 0 Å².